The number of nitro groups is 1. The maximum absolute atomic E-state index is 13.8. The Kier molecular flexibility index (Phi) is 4.67. The van der Waals surface area contributed by atoms with Crippen LogP contribution in [-0.4, -0.2) is 17.9 Å². The summed E-state index contributed by atoms with van der Waals surface area (Å²) in [4.78, 5) is 21.7. The lowest BCUT2D eigenvalue weighted by atomic mass is 10.1. The van der Waals surface area contributed by atoms with E-state index < -0.39 is 45.4 Å². The highest BCUT2D eigenvalue weighted by Gasteiger charge is 2.30. The highest BCUT2D eigenvalue weighted by atomic mass is 19.2. The second-order valence-corrected chi connectivity index (χ2v) is 4.42. The van der Waals surface area contributed by atoms with E-state index in [1.165, 1.54) is 0 Å². The fourth-order valence-electron chi connectivity index (χ4n) is 1.85. The van der Waals surface area contributed by atoms with Crippen LogP contribution in [0.2, 0.25) is 0 Å². The number of amides is 1. The highest BCUT2D eigenvalue weighted by molar-refractivity contribution is 6.04. The lowest BCUT2D eigenvalue weighted by Crippen LogP contribution is -2.18. The molecule has 0 aromatic heterocycles. The van der Waals surface area contributed by atoms with Crippen molar-refractivity contribution in [3.63, 3.8) is 0 Å². The largest absolute Gasteiger partial charge is 0.491 e. The topological polar surface area (TPSA) is 81.5 Å². The summed E-state index contributed by atoms with van der Waals surface area (Å²) in [5.41, 5.74) is -1.84. The lowest BCUT2D eigenvalue weighted by Gasteiger charge is -2.11. The summed E-state index contributed by atoms with van der Waals surface area (Å²) in [6, 6.07) is 4.22. The van der Waals surface area contributed by atoms with Gasteiger partial charge in [-0.15, -0.1) is 0 Å². The molecule has 0 saturated carbocycles. The van der Waals surface area contributed by atoms with Crippen LogP contribution in [0.3, 0.4) is 0 Å². The Morgan fingerprint density at radius 3 is 1.96 bits per heavy atom. The number of nitrogens with zero attached hydrogens (tertiary/aromatic N) is 1. The van der Waals surface area contributed by atoms with Gasteiger partial charge < -0.3 is 10.1 Å². The Labute approximate surface area is 131 Å². The number of carbonyl (C=O) groups is 1. The van der Waals surface area contributed by atoms with Crippen LogP contribution in [0.1, 0.15) is 10.4 Å². The second-order valence-electron chi connectivity index (χ2n) is 4.42. The Hall–Kier alpha value is -3.17. The molecule has 0 aliphatic heterocycles. The number of hydrogen-bond acceptors (Lipinski definition) is 4. The Morgan fingerprint density at radius 1 is 1.04 bits per heavy atom. The zero-order valence-electron chi connectivity index (χ0n) is 11.9. The predicted molar refractivity (Wildman–Crippen MR) is 73.9 cm³/mol. The number of ether oxygens (including phenoxy) is 1. The maximum Gasteiger partial charge on any atom is 0.269 e. The lowest BCUT2D eigenvalue weighted by molar-refractivity contribution is -0.384. The minimum absolute atomic E-state index is 0.0685. The highest BCUT2D eigenvalue weighted by Crippen LogP contribution is 2.30. The molecule has 0 unspecified atom stereocenters. The van der Waals surface area contributed by atoms with Crippen molar-refractivity contribution in [3.8, 4) is 5.75 Å². The van der Waals surface area contributed by atoms with Gasteiger partial charge in [0.2, 0.25) is 11.6 Å². The summed E-state index contributed by atoms with van der Waals surface area (Å²) < 4.78 is 59.0. The molecule has 0 spiro atoms. The zero-order valence-corrected chi connectivity index (χ0v) is 11.9. The van der Waals surface area contributed by atoms with Crippen LogP contribution in [0.4, 0.5) is 28.9 Å². The molecule has 0 bridgehead atoms. The third kappa shape index (κ3) is 2.98. The molecular weight excluding hydrogens is 336 g/mol. The van der Waals surface area contributed by atoms with Crippen LogP contribution >= 0.6 is 0 Å². The first-order chi connectivity index (χ1) is 11.3. The SMILES string of the molecule is COc1c(F)c(F)c(C(=O)Nc2ccc([N+](=O)[O-])cc2)c(F)c1F. The van der Waals surface area contributed by atoms with Crippen LogP contribution in [0.25, 0.3) is 0 Å². The third-order valence-electron chi connectivity index (χ3n) is 2.99. The number of anilines is 1. The molecule has 10 heteroatoms. The van der Waals surface area contributed by atoms with Gasteiger partial charge in [-0.1, -0.05) is 0 Å². The first-order valence-corrected chi connectivity index (χ1v) is 6.23. The molecule has 0 fully saturated rings. The molecule has 0 heterocycles. The van der Waals surface area contributed by atoms with E-state index in [9.17, 15) is 32.5 Å². The number of halogens is 4. The van der Waals surface area contributed by atoms with Crippen molar-refractivity contribution in [2.75, 3.05) is 12.4 Å². The van der Waals surface area contributed by atoms with Gasteiger partial charge >= 0.3 is 0 Å². The van der Waals surface area contributed by atoms with Gasteiger partial charge in [0, 0.05) is 17.8 Å². The monoisotopic (exact) mass is 344 g/mol. The van der Waals surface area contributed by atoms with Gasteiger partial charge in [-0.25, -0.2) is 8.78 Å². The predicted octanol–water partition coefficient (Wildman–Crippen LogP) is 3.41. The molecule has 0 radical (unpaired) electrons. The van der Waals surface area contributed by atoms with Crippen molar-refractivity contribution in [1.82, 2.24) is 0 Å². The normalized spacial score (nSPS) is 10.4. The number of hydrogen-bond donors (Lipinski definition) is 1. The molecule has 2 aromatic rings. The average molecular weight is 344 g/mol. The van der Waals surface area contributed by atoms with Crippen LogP contribution in [0.5, 0.6) is 5.75 Å². The van der Waals surface area contributed by atoms with Gasteiger partial charge in [-0.3, -0.25) is 14.9 Å². The van der Waals surface area contributed by atoms with Crippen LogP contribution < -0.4 is 10.1 Å². The molecule has 2 rings (SSSR count). The summed E-state index contributed by atoms with van der Waals surface area (Å²) >= 11 is 0. The van der Waals surface area contributed by atoms with Crippen molar-refractivity contribution in [2.24, 2.45) is 0 Å². The molecule has 1 N–H and O–H groups in total. The van der Waals surface area contributed by atoms with E-state index in [0.717, 1.165) is 31.4 Å². The fraction of sp³-hybridized carbons (Fsp3) is 0.0714. The van der Waals surface area contributed by atoms with Gasteiger partial charge in [0.15, 0.2) is 17.4 Å². The van der Waals surface area contributed by atoms with Gasteiger partial charge in [0.1, 0.15) is 5.56 Å². The van der Waals surface area contributed by atoms with Gasteiger partial charge in [0.05, 0.1) is 12.0 Å². The number of nitro benzene ring substituents is 1. The fourth-order valence-corrected chi connectivity index (χ4v) is 1.85. The first-order valence-electron chi connectivity index (χ1n) is 6.23. The molecule has 0 atom stereocenters. The van der Waals surface area contributed by atoms with Crippen molar-refractivity contribution in [1.29, 1.82) is 0 Å². The average Bonchev–Trinajstić information content (AvgIpc) is 2.54. The van der Waals surface area contributed by atoms with Gasteiger partial charge in [0.25, 0.3) is 11.6 Å². The van der Waals surface area contributed by atoms with E-state index in [1.54, 1.807) is 0 Å². The quantitative estimate of drug-likeness (QED) is 0.399. The zero-order chi connectivity index (χ0) is 18.0. The molecule has 2 aromatic carbocycles. The molecule has 126 valence electrons. The third-order valence-corrected chi connectivity index (χ3v) is 2.99. The number of non-ortho nitro benzene ring substituents is 1. The molecule has 0 aliphatic rings. The van der Waals surface area contributed by atoms with Crippen LogP contribution in [0.15, 0.2) is 24.3 Å². The number of nitrogens with one attached hydrogen (secondary N) is 1. The summed E-state index contributed by atoms with van der Waals surface area (Å²) in [5, 5.41) is 12.5. The van der Waals surface area contributed by atoms with E-state index in [2.05, 4.69) is 4.74 Å². The number of carbonyl (C=O) groups excluding carboxylic acids is 1. The summed E-state index contributed by atoms with van der Waals surface area (Å²) in [6.07, 6.45) is 0. The van der Waals surface area contributed by atoms with Crippen molar-refractivity contribution in [2.45, 2.75) is 0 Å². The van der Waals surface area contributed by atoms with E-state index >= 15 is 0 Å². The molecule has 0 aliphatic carbocycles. The molecular formula is C14H8F4N2O4. The van der Waals surface area contributed by atoms with Crippen molar-refractivity contribution >= 4 is 17.3 Å². The number of methoxy groups -OCH3 is 1. The van der Waals surface area contributed by atoms with Crippen LogP contribution in [-0.2, 0) is 0 Å². The standard InChI is InChI=1S/C14H8F4N2O4/c1-24-13-11(17)9(15)8(10(16)12(13)18)14(21)19-6-2-4-7(5-3-6)20(22)23/h2-5H,1H3,(H,19,21). The van der Waals surface area contributed by atoms with Gasteiger partial charge in [-0.05, 0) is 12.1 Å². The maximum atomic E-state index is 13.8. The van der Waals surface area contributed by atoms with E-state index in [1.807, 2.05) is 5.32 Å². The Bertz CT molecular complexity index is 796. The van der Waals surface area contributed by atoms with Crippen LogP contribution in [0, 0.1) is 33.4 Å². The second kappa shape index (κ2) is 6.52. The summed E-state index contributed by atoms with van der Waals surface area (Å²) in [6.45, 7) is 0. The smallest absolute Gasteiger partial charge is 0.269 e. The Morgan fingerprint density at radius 2 is 1.54 bits per heavy atom. The molecule has 6 nitrogen and oxygen atoms in total. The van der Waals surface area contributed by atoms with Gasteiger partial charge in [-0.2, -0.15) is 8.78 Å². The summed E-state index contributed by atoms with van der Waals surface area (Å²) in [7, 11) is 0.803. The van der Waals surface area contributed by atoms with Crippen molar-refractivity contribution < 1.29 is 32.0 Å². The number of rotatable bonds is 4. The number of benzene rings is 2. The minimum atomic E-state index is -1.93. The van der Waals surface area contributed by atoms with E-state index in [-0.39, 0.29) is 11.4 Å². The van der Waals surface area contributed by atoms with E-state index in [0.29, 0.717) is 0 Å². The Balaban J connectivity index is 2.38. The molecule has 1 amide bonds. The van der Waals surface area contributed by atoms with E-state index in [4.69, 9.17) is 0 Å². The first kappa shape index (κ1) is 17.2. The summed E-state index contributed by atoms with van der Waals surface area (Å²) in [5.74, 6) is -10.3. The molecule has 24 heavy (non-hydrogen) atoms. The molecule has 0 saturated heterocycles. The minimum Gasteiger partial charge on any atom is -0.491 e. The van der Waals surface area contributed by atoms with Crippen molar-refractivity contribution in [3.05, 3.63) is 63.2 Å².